The first-order valence-corrected chi connectivity index (χ1v) is 47.6. The highest BCUT2D eigenvalue weighted by Crippen LogP contribution is 2.41. The van der Waals surface area contributed by atoms with Crippen molar-refractivity contribution in [1.82, 2.24) is 40.2 Å². The van der Waals surface area contributed by atoms with Gasteiger partial charge in [-0.3, -0.25) is 4.79 Å². The van der Waals surface area contributed by atoms with Crippen molar-refractivity contribution in [3.63, 3.8) is 0 Å². The average Bonchev–Trinajstić information content (AvgIpc) is 1.69. The van der Waals surface area contributed by atoms with E-state index in [9.17, 15) is 9.59 Å². The fourth-order valence-corrected chi connectivity index (χ4v) is 16.6. The van der Waals surface area contributed by atoms with Crippen LogP contribution < -0.4 is 5.32 Å². The third-order valence-corrected chi connectivity index (χ3v) is 25.0. The number of amides is 1. The molecule has 128 heavy (non-hydrogen) atoms. The van der Waals surface area contributed by atoms with Gasteiger partial charge >= 0.3 is 12.1 Å². The van der Waals surface area contributed by atoms with Crippen LogP contribution in [0.25, 0.3) is 76.3 Å². The van der Waals surface area contributed by atoms with Crippen molar-refractivity contribution in [3.8, 4) is 0 Å². The molecule has 1 aliphatic carbocycles. The van der Waals surface area contributed by atoms with E-state index in [2.05, 4.69) is 392 Å². The van der Waals surface area contributed by atoms with Gasteiger partial charge in [0.25, 0.3) is 0 Å². The number of carbonyl (C=O) groups is 2. The van der Waals surface area contributed by atoms with Crippen LogP contribution in [0.15, 0.2) is 171 Å². The number of rotatable bonds is 14. The summed E-state index contributed by atoms with van der Waals surface area (Å²) in [6, 6.07) is 47.0. The van der Waals surface area contributed by atoms with E-state index >= 15 is 0 Å². The Morgan fingerprint density at radius 2 is 0.695 bits per heavy atom. The second kappa shape index (κ2) is 41.8. The van der Waals surface area contributed by atoms with Gasteiger partial charge in [-0.1, -0.05) is 292 Å². The van der Waals surface area contributed by atoms with Crippen molar-refractivity contribution in [2.75, 3.05) is 26.4 Å². The lowest BCUT2D eigenvalue weighted by Crippen LogP contribution is -2.33. The maximum absolute atomic E-state index is 11.7. The first-order chi connectivity index (χ1) is 59.6. The first-order valence-electron chi connectivity index (χ1n) is 47.6. The highest BCUT2D eigenvalue weighted by atomic mass is 16.6. The van der Waals surface area contributed by atoms with Crippen molar-refractivity contribution >= 4 is 88.4 Å². The first kappa shape index (κ1) is 102. The Labute approximate surface area is 769 Å². The molecule has 1 amide bonds. The maximum atomic E-state index is 11.7. The summed E-state index contributed by atoms with van der Waals surface area (Å²) in [5.41, 5.74) is 28.5. The third kappa shape index (κ3) is 27.6. The minimum absolute atomic E-state index is 0.126. The zero-order valence-corrected chi connectivity index (χ0v) is 84.9. The molecule has 1 aliphatic rings. The molecule has 692 valence electrons. The van der Waals surface area contributed by atoms with Crippen LogP contribution in [-0.4, -0.2) is 78.9 Å². The molecular weight excluding hydrogens is 1570 g/mol. The molecule has 13 nitrogen and oxygen atoms in total. The van der Waals surface area contributed by atoms with E-state index in [0.29, 0.717) is 31.4 Å². The molecule has 0 spiro atoms. The molecule has 14 aromatic rings. The van der Waals surface area contributed by atoms with Crippen molar-refractivity contribution in [2.24, 2.45) is 0 Å². The zero-order valence-electron chi connectivity index (χ0n) is 84.9. The van der Waals surface area contributed by atoms with E-state index in [1.165, 1.54) is 159 Å². The largest absolute Gasteiger partial charge is 0.466 e. The van der Waals surface area contributed by atoms with Crippen molar-refractivity contribution < 1.29 is 23.8 Å². The van der Waals surface area contributed by atoms with Gasteiger partial charge in [0.2, 0.25) is 0 Å². The van der Waals surface area contributed by atoms with E-state index in [1.807, 2.05) is 47.0 Å². The average molecular weight is 1740 g/mol. The van der Waals surface area contributed by atoms with E-state index in [0.717, 1.165) is 54.0 Å². The lowest BCUT2D eigenvalue weighted by atomic mass is 9.84. The summed E-state index contributed by atoms with van der Waals surface area (Å²) in [7, 11) is 0. The van der Waals surface area contributed by atoms with Gasteiger partial charge in [-0.15, -0.1) is 0 Å². The van der Waals surface area contributed by atoms with Crippen LogP contribution in [0.2, 0.25) is 0 Å². The van der Waals surface area contributed by atoms with Crippen LogP contribution in [0.1, 0.15) is 356 Å². The quantitative estimate of drug-likeness (QED) is 0.0397. The van der Waals surface area contributed by atoms with Crippen LogP contribution in [-0.2, 0) is 81.6 Å². The summed E-state index contributed by atoms with van der Waals surface area (Å²) < 4.78 is 15.6. The molecule has 0 saturated heterocycles. The topological polar surface area (TPSA) is 184 Å². The maximum Gasteiger partial charge on any atom is 0.407 e. The molecule has 0 aliphatic heterocycles. The Kier molecular flexibility index (Phi) is 33.3. The van der Waals surface area contributed by atoms with Crippen molar-refractivity contribution in [3.05, 3.63) is 249 Å². The minimum atomic E-state index is -0.464. The Balaban J connectivity index is 0.000000169. The second-order valence-corrected chi connectivity index (χ2v) is 45.3. The fourth-order valence-electron chi connectivity index (χ4n) is 16.6. The molecule has 7 aromatic carbocycles. The number of hydrogen-bond donors (Lipinski definition) is 8. The summed E-state index contributed by atoms with van der Waals surface area (Å²) >= 11 is 0. The minimum Gasteiger partial charge on any atom is -0.466 e. The number of aromatic nitrogens is 7. The summed E-state index contributed by atoms with van der Waals surface area (Å²) in [5, 5.41) is 12.0. The number of nitrogens with one attached hydrogen (secondary N) is 8. The van der Waals surface area contributed by atoms with Gasteiger partial charge in [-0.2, -0.15) is 0 Å². The number of benzene rings is 7. The highest BCUT2D eigenvalue weighted by molar-refractivity contribution is 5.90. The van der Waals surface area contributed by atoms with Gasteiger partial charge in [-0.05, 0) is 248 Å². The Bertz CT molecular complexity index is 5940. The summed E-state index contributed by atoms with van der Waals surface area (Å²) in [5.74, 6) is 1.82. The second-order valence-electron chi connectivity index (χ2n) is 45.3. The highest BCUT2D eigenvalue weighted by Gasteiger charge is 2.27. The molecular formula is C115H162N8O5. The molecule has 0 bridgehead atoms. The number of fused-ring (bicyclic) bond motifs is 7. The summed E-state index contributed by atoms with van der Waals surface area (Å²) in [6.07, 6.45) is 23.2. The van der Waals surface area contributed by atoms with E-state index in [-0.39, 0.29) is 55.4 Å². The Hall–Kier alpha value is -9.98. The van der Waals surface area contributed by atoms with Gasteiger partial charge in [0, 0.05) is 133 Å². The number of alkyl carbamates (subject to hydrolysis) is 1. The third-order valence-electron chi connectivity index (χ3n) is 25.0. The smallest absolute Gasteiger partial charge is 0.407 e. The molecule has 1 saturated carbocycles. The number of carbonyl (C=O) groups excluding carboxylic acids is 2. The molecule has 8 N–H and O–H groups in total. The van der Waals surface area contributed by atoms with Crippen LogP contribution in [0.5, 0.6) is 0 Å². The van der Waals surface area contributed by atoms with Crippen LogP contribution in [0, 0.1) is 0 Å². The zero-order chi connectivity index (χ0) is 94.6. The van der Waals surface area contributed by atoms with Gasteiger partial charge in [0.05, 0.1) is 19.6 Å². The van der Waals surface area contributed by atoms with Gasteiger partial charge < -0.3 is 54.4 Å². The molecule has 0 radical (unpaired) electrons. The lowest BCUT2D eigenvalue weighted by Gasteiger charge is -2.20. The molecule has 1 fully saturated rings. The predicted octanol–water partition coefficient (Wildman–Crippen LogP) is 31.6. The van der Waals surface area contributed by atoms with Crippen LogP contribution in [0.4, 0.5) is 4.79 Å². The number of aromatic amines is 7. The van der Waals surface area contributed by atoms with Crippen LogP contribution >= 0.6 is 0 Å². The van der Waals surface area contributed by atoms with Crippen LogP contribution in [0.3, 0.4) is 0 Å². The molecule has 1 atom stereocenters. The monoisotopic (exact) mass is 1740 g/mol. The fraction of sp³-hybridized carbons (Fsp3) is 0.496. The van der Waals surface area contributed by atoms with E-state index < -0.39 is 5.60 Å². The standard InChI is InChI=1S/C19H28N2O2.C17H23N.C16H21NO2.C16H23NO.2C16H23N.C15H21N/c1-18(2,3)14-7-8-15-13(12-21-16(15)11-14)9-10-20-17(22)23-19(4,5)6;1-17(2,3)13-8-9-14-15(11-18-16(14)10-13)12-6-4-5-7-12;1-5-19-15(18)8-11-10-17-14-9-12(16(2,3)4)6-7-13(11)14;1-5-18-9-8-12-11-17-15-10-13(16(2,3)4)6-7-14(12)15;1-15(2,3)11-7-8-12-13(16(4,5)6)10-17-14(12)9-11;1-6-11(2)14-10-17-15-9-12(16(3,4)5)7-8-13(14)15;1-10(2)13-9-16-14-8-11(15(3,4)5)6-7-12(13)14/h7-8,11-12,21H,9-10H2,1-6H3,(H,20,22);8-12,18H,4-7H2,1-3H3;6-7,9-10,17H,5,8H2,1-4H3;6-7,10-11,17H,5,8-9H2,1-4H3;7-10,17H,1-6H3;7-11,17H,6H2,1-5H3;6-10,16H,1-5H3. The molecule has 1 unspecified atom stereocenters. The summed E-state index contributed by atoms with van der Waals surface area (Å²) in [6.45, 7) is 74.8. The number of esters is 1. The predicted molar refractivity (Wildman–Crippen MR) is 550 cm³/mol. The Morgan fingerprint density at radius 3 is 1.08 bits per heavy atom. The molecule has 7 aromatic heterocycles. The van der Waals surface area contributed by atoms with Gasteiger partial charge in [0.1, 0.15) is 5.60 Å². The van der Waals surface area contributed by atoms with Gasteiger partial charge in [-0.25, -0.2) is 4.79 Å². The van der Waals surface area contributed by atoms with Gasteiger partial charge in [0.15, 0.2) is 0 Å². The van der Waals surface area contributed by atoms with E-state index in [4.69, 9.17) is 14.2 Å². The normalized spacial score (nSPS) is 13.4. The Morgan fingerprint density at radius 1 is 0.367 bits per heavy atom. The number of hydrogen-bond acceptors (Lipinski definition) is 5. The van der Waals surface area contributed by atoms with Crippen molar-refractivity contribution in [1.29, 1.82) is 0 Å². The molecule has 15 rings (SSSR count). The molecule has 7 heterocycles. The number of ether oxygens (including phenoxy) is 3. The van der Waals surface area contributed by atoms with Crippen molar-refractivity contribution in [2.45, 2.75) is 347 Å². The number of H-pyrrole nitrogens is 7. The molecule has 13 heteroatoms. The summed E-state index contributed by atoms with van der Waals surface area (Å²) in [4.78, 5) is 46.8. The SMILES string of the molecule is CC(C)(C)OC(=O)NCCc1c[nH]c2cc(C(C)(C)C)ccc12.CC(C)(C)c1ccc2c(C(C)(C)C)c[nH]c2c1.CC(C)(C)c1ccc2c(C3CCCC3)c[nH]c2c1.CC(C)c1c[nH]c2cc(C(C)(C)C)ccc12.CCC(C)c1c[nH]c2cc(C(C)(C)C)ccc12.CCOC(=O)Cc1c[nH]c2cc(C(C)(C)C)ccc12.CCOCCc1c[nH]c2cc(C(C)(C)C)ccc12. The van der Waals surface area contributed by atoms with E-state index in [1.54, 1.807) is 5.56 Å². The lowest BCUT2D eigenvalue weighted by molar-refractivity contribution is -0.142.